The summed E-state index contributed by atoms with van der Waals surface area (Å²) in [5, 5.41) is 10.7. The predicted octanol–water partition coefficient (Wildman–Crippen LogP) is 4.74. The minimum atomic E-state index is -4.45. The number of ether oxygens (including phenoxy) is 1. The summed E-state index contributed by atoms with van der Waals surface area (Å²) in [5.41, 5.74) is -0.821. The molecule has 0 amide bonds. The van der Waals surface area contributed by atoms with E-state index in [1.165, 1.54) is 30.0 Å². The third-order valence-electron chi connectivity index (χ3n) is 2.94. The van der Waals surface area contributed by atoms with Crippen LogP contribution in [0.5, 0.6) is 0 Å². The number of nitrogens with zero attached hydrogens (tertiary/aromatic N) is 2. The molecule has 1 heterocycles. The maximum atomic E-state index is 13.0. The van der Waals surface area contributed by atoms with Crippen molar-refractivity contribution in [1.29, 1.82) is 0 Å². The average Bonchev–Trinajstić information content (AvgIpc) is 2.99. The molecule has 1 aromatic carbocycles. The fourth-order valence-corrected chi connectivity index (χ4v) is 3.66. The maximum absolute atomic E-state index is 13.0. The number of aromatic nitrogens is 2. The minimum absolute atomic E-state index is 0.0648. The molecule has 2 aromatic rings. The van der Waals surface area contributed by atoms with Gasteiger partial charge in [0.05, 0.1) is 17.9 Å². The second kappa shape index (κ2) is 9.04. The molecule has 0 saturated heterocycles. The van der Waals surface area contributed by atoms with Gasteiger partial charge >= 0.3 is 12.1 Å². The first-order valence-corrected chi connectivity index (χ1v) is 9.25. The van der Waals surface area contributed by atoms with Crippen LogP contribution in [0.2, 0.25) is 0 Å². The van der Waals surface area contributed by atoms with Crippen molar-refractivity contribution in [2.45, 2.75) is 30.3 Å². The Morgan fingerprint density at radius 2 is 2.08 bits per heavy atom. The fourth-order valence-electron chi connectivity index (χ4n) is 1.88. The SMILES string of the molecule is CCOC(=O)CCCSc1nnc(Nc2ccccc2C(F)(F)F)s1. The van der Waals surface area contributed by atoms with Crippen molar-refractivity contribution in [3.8, 4) is 0 Å². The van der Waals surface area contributed by atoms with E-state index in [1.807, 2.05) is 0 Å². The molecule has 136 valence electrons. The lowest BCUT2D eigenvalue weighted by atomic mass is 10.2. The lowest BCUT2D eigenvalue weighted by Gasteiger charge is -2.12. The van der Waals surface area contributed by atoms with Gasteiger partial charge < -0.3 is 10.1 Å². The number of carbonyl (C=O) groups is 1. The van der Waals surface area contributed by atoms with Gasteiger partial charge in [-0.2, -0.15) is 13.2 Å². The highest BCUT2D eigenvalue weighted by Crippen LogP contribution is 2.37. The van der Waals surface area contributed by atoms with E-state index in [4.69, 9.17) is 4.74 Å². The molecule has 0 fully saturated rings. The van der Waals surface area contributed by atoms with E-state index >= 15 is 0 Å². The zero-order valence-corrected chi connectivity index (χ0v) is 14.9. The van der Waals surface area contributed by atoms with Crippen LogP contribution in [0.25, 0.3) is 0 Å². The largest absolute Gasteiger partial charge is 0.466 e. The Hall–Kier alpha value is -1.81. The van der Waals surface area contributed by atoms with Crippen LogP contribution >= 0.6 is 23.1 Å². The molecule has 0 spiro atoms. The number of hydrogen-bond acceptors (Lipinski definition) is 7. The highest BCUT2D eigenvalue weighted by Gasteiger charge is 2.33. The zero-order chi connectivity index (χ0) is 18.3. The molecule has 2 rings (SSSR count). The number of esters is 1. The smallest absolute Gasteiger partial charge is 0.418 e. The lowest BCUT2D eigenvalue weighted by Crippen LogP contribution is -2.08. The van der Waals surface area contributed by atoms with Crippen molar-refractivity contribution >= 4 is 39.9 Å². The van der Waals surface area contributed by atoms with Gasteiger partial charge in [0.25, 0.3) is 0 Å². The Morgan fingerprint density at radius 1 is 1.32 bits per heavy atom. The van der Waals surface area contributed by atoms with Crippen molar-refractivity contribution in [3.63, 3.8) is 0 Å². The molecule has 10 heteroatoms. The van der Waals surface area contributed by atoms with E-state index < -0.39 is 11.7 Å². The number of thioether (sulfide) groups is 1. The Kier molecular flexibility index (Phi) is 7.06. The van der Waals surface area contributed by atoms with E-state index in [-0.39, 0.29) is 16.8 Å². The number of rotatable bonds is 8. The fraction of sp³-hybridized carbons (Fsp3) is 0.400. The molecule has 0 aliphatic carbocycles. The Balaban J connectivity index is 1.89. The highest BCUT2D eigenvalue weighted by molar-refractivity contribution is 8.01. The Labute approximate surface area is 151 Å². The van der Waals surface area contributed by atoms with Crippen LogP contribution in [-0.4, -0.2) is 28.5 Å². The van der Waals surface area contributed by atoms with Crippen LogP contribution in [0.3, 0.4) is 0 Å². The number of para-hydroxylation sites is 1. The number of halogens is 3. The summed E-state index contributed by atoms with van der Waals surface area (Å²) >= 11 is 2.56. The predicted molar refractivity (Wildman–Crippen MR) is 91.2 cm³/mol. The monoisotopic (exact) mass is 391 g/mol. The molecular formula is C15H16F3N3O2S2. The summed E-state index contributed by atoms with van der Waals surface area (Å²) in [5.74, 6) is 0.401. The lowest BCUT2D eigenvalue weighted by molar-refractivity contribution is -0.143. The standard InChI is InChI=1S/C15H16F3N3O2S2/c1-2-23-12(22)8-5-9-24-14-21-20-13(25-14)19-11-7-4-3-6-10(11)15(16,17)18/h3-4,6-7H,2,5,8-9H2,1H3,(H,19,20). The summed E-state index contributed by atoms with van der Waals surface area (Å²) in [7, 11) is 0. The summed E-state index contributed by atoms with van der Waals surface area (Å²) in [6, 6.07) is 5.20. The van der Waals surface area contributed by atoms with Crippen molar-refractivity contribution < 1.29 is 22.7 Å². The van der Waals surface area contributed by atoms with Crippen LogP contribution in [0.4, 0.5) is 24.0 Å². The molecule has 0 aliphatic heterocycles. The van der Waals surface area contributed by atoms with E-state index in [2.05, 4.69) is 15.5 Å². The zero-order valence-electron chi connectivity index (χ0n) is 13.3. The average molecular weight is 391 g/mol. The third-order valence-corrected chi connectivity index (χ3v) is 4.99. The van der Waals surface area contributed by atoms with Gasteiger partial charge in [0.2, 0.25) is 5.13 Å². The van der Waals surface area contributed by atoms with Crippen LogP contribution in [0.1, 0.15) is 25.3 Å². The Bertz CT molecular complexity index is 707. The van der Waals surface area contributed by atoms with Crippen LogP contribution < -0.4 is 5.32 Å². The minimum Gasteiger partial charge on any atom is -0.466 e. The van der Waals surface area contributed by atoms with Gasteiger partial charge in [-0.15, -0.1) is 10.2 Å². The molecule has 0 saturated carbocycles. The summed E-state index contributed by atoms with van der Waals surface area (Å²) in [6.45, 7) is 2.11. The van der Waals surface area contributed by atoms with Gasteiger partial charge in [-0.05, 0) is 25.5 Å². The molecule has 1 N–H and O–H groups in total. The number of benzene rings is 1. The first-order valence-electron chi connectivity index (χ1n) is 7.45. The molecule has 0 radical (unpaired) electrons. The summed E-state index contributed by atoms with van der Waals surface area (Å²) in [6.07, 6.45) is -3.49. The molecule has 0 bridgehead atoms. The van der Waals surface area contributed by atoms with Gasteiger partial charge in [-0.25, -0.2) is 0 Å². The summed E-state index contributed by atoms with van der Waals surface area (Å²) in [4.78, 5) is 11.2. The highest BCUT2D eigenvalue weighted by atomic mass is 32.2. The van der Waals surface area contributed by atoms with Crippen LogP contribution in [-0.2, 0) is 15.7 Å². The molecule has 5 nitrogen and oxygen atoms in total. The first kappa shape index (κ1) is 19.5. The first-order chi connectivity index (χ1) is 11.9. The van der Waals surface area contributed by atoms with Gasteiger partial charge in [0, 0.05) is 12.2 Å². The van der Waals surface area contributed by atoms with Crippen molar-refractivity contribution in [2.75, 3.05) is 17.7 Å². The van der Waals surface area contributed by atoms with Gasteiger partial charge in [0.1, 0.15) is 0 Å². The van der Waals surface area contributed by atoms with E-state index in [1.54, 1.807) is 6.92 Å². The maximum Gasteiger partial charge on any atom is 0.418 e. The van der Waals surface area contributed by atoms with Crippen molar-refractivity contribution in [1.82, 2.24) is 10.2 Å². The number of alkyl halides is 3. The van der Waals surface area contributed by atoms with E-state index in [9.17, 15) is 18.0 Å². The number of nitrogens with one attached hydrogen (secondary N) is 1. The van der Waals surface area contributed by atoms with Gasteiger partial charge in [0.15, 0.2) is 4.34 Å². The van der Waals surface area contributed by atoms with Gasteiger partial charge in [-0.1, -0.05) is 35.2 Å². The molecule has 0 aliphatic rings. The Morgan fingerprint density at radius 3 is 2.80 bits per heavy atom. The third kappa shape index (κ3) is 6.20. The van der Waals surface area contributed by atoms with Crippen molar-refractivity contribution in [2.24, 2.45) is 0 Å². The number of hydrogen-bond donors (Lipinski definition) is 1. The van der Waals surface area contributed by atoms with Crippen molar-refractivity contribution in [3.05, 3.63) is 29.8 Å². The molecule has 25 heavy (non-hydrogen) atoms. The van der Waals surface area contributed by atoms with Crippen LogP contribution in [0.15, 0.2) is 28.6 Å². The molecule has 0 atom stereocenters. The second-order valence-electron chi connectivity index (χ2n) is 4.80. The number of anilines is 2. The topological polar surface area (TPSA) is 64.1 Å². The van der Waals surface area contributed by atoms with E-state index in [0.29, 0.717) is 29.5 Å². The van der Waals surface area contributed by atoms with Crippen LogP contribution in [0, 0.1) is 0 Å². The normalized spacial score (nSPS) is 11.4. The number of carbonyl (C=O) groups excluding carboxylic acids is 1. The second-order valence-corrected chi connectivity index (χ2v) is 7.12. The molecule has 1 aromatic heterocycles. The molecular weight excluding hydrogens is 375 g/mol. The van der Waals surface area contributed by atoms with Gasteiger partial charge in [-0.3, -0.25) is 4.79 Å². The summed E-state index contributed by atoms with van der Waals surface area (Å²) < 4.78 is 44.4. The van der Waals surface area contributed by atoms with E-state index in [0.717, 1.165) is 17.4 Å². The quantitative estimate of drug-likeness (QED) is 0.399. The molecule has 0 unspecified atom stereocenters.